The zero-order chi connectivity index (χ0) is 19.5. The quantitative estimate of drug-likeness (QED) is 0.549. The number of pyridine rings is 1. The van der Waals surface area contributed by atoms with Gasteiger partial charge in [-0.1, -0.05) is 30.3 Å². The summed E-state index contributed by atoms with van der Waals surface area (Å²) in [6.07, 6.45) is 1.06. The van der Waals surface area contributed by atoms with Gasteiger partial charge in [0.1, 0.15) is 5.75 Å². The summed E-state index contributed by atoms with van der Waals surface area (Å²) in [6.45, 7) is 6.03. The smallest absolute Gasteiger partial charge is 0.123 e. The van der Waals surface area contributed by atoms with Gasteiger partial charge in [0.2, 0.25) is 0 Å². The number of para-hydroxylation sites is 1. The summed E-state index contributed by atoms with van der Waals surface area (Å²) in [7, 11) is 1.76. The molecule has 0 bridgehead atoms. The second kappa shape index (κ2) is 8.27. The molecule has 0 fully saturated rings. The number of hydrogen-bond donors (Lipinski definition) is 0. The zero-order valence-corrected chi connectivity index (χ0v) is 17.5. The van der Waals surface area contributed by atoms with Crippen LogP contribution in [0.2, 0.25) is 0 Å². The lowest BCUT2D eigenvalue weighted by atomic mass is 10.1. The Balaban J connectivity index is 1.69. The maximum Gasteiger partial charge on any atom is 0.123 e. The van der Waals surface area contributed by atoms with Crippen LogP contribution in [-0.4, -0.2) is 18.6 Å². The van der Waals surface area contributed by atoms with Gasteiger partial charge < -0.3 is 9.64 Å². The Kier molecular flexibility index (Phi) is 5.58. The number of fused-ring (bicyclic) bond motifs is 1. The normalized spacial score (nSPS) is 16.4. The first-order chi connectivity index (χ1) is 13.6. The summed E-state index contributed by atoms with van der Waals surface area (Å²) in [6, 6.07) is 21.5. The van der Waals surface area contributed by atoms with E-state index in [-0.39, 0.29) is 0 Å². The third-order valence-corrected chi connectivity index (χ3v) is 6.53. The van der Waals surface area contributed by atoms with Crippen LogP contribution in [0.25, 0.3) is 0 Å². The summed E-state index contributed by atoms with van der Waals surface area (Å²) in [4.78, 5) is 8.53. The minimum Gasteiger partial charge on any atom is -0.496 e. The van der Waals surface area contributed by atoms with E-state index in [1.54, 1.807) is 7.11 Å². The second-order valence-electron chi connectivity index (χ2n) is 7.30. The molecule has 3 nitrogen and oxygen atoms in total. The van der Waals surface area contributed by atoms with E-state index in [0.717, 1.165) is 36.6 Å². The van der Waals surface area contributed by atoms with Crippen molar-refractivity contribution in [3.8, 4) is 5.75 Å². The predicted octanol–water partition coefficient (Wildman–Crippen LogP) is 5.95. The molecule has 144 valence electrons. The molecule has 1 unspecified atom stereocenters. The monoisotopic (exact) mass is 390 g/mol. The Hall–Kier alpha value is -2.46. The average molecular weight is 391 g/mol. The molecule has 2 heterocycles. The van der Waals surface area contributed by atoms with Gasteiger partial charge in [-0.3, -0.25) is 4.98 Å². The van der Waals surface area contributed by atoms with E-state index in [9.17, 15) is 0 Å². The number of methoxy groups -OCH3 is 1. The molecule has 0 spiro atoms. The van der Waals surface area contributed by atoms with Crippen LogP contribution < -0.4 is 9.64 Å². The molecule has 0 amide bonds. The fourth-order valence-corrected chi connectivity index (χ4v) is 5.20. The number of ether oxygens (including phenoxy) is 1. The number of nitrogens with zero attached hydrogens (tertiary/aromatic N) is 2. The maximum atomic E-state index is 5.65. The Morgan fingerprint density at radius 3 is 2.75 bits per heavy atom. The highest BCUT2D eigenvalue weighted by Crippen LogP contribution is 2.47. The first kappa shape index (κ1) is 18.9. The van der Waals surface area contributed by atoms with E-state index in [4.69, 9.17) is 9.72 Å². The molecular weight excluding hydrogens is 364 g/mol. The molecule has 0 aliphatic carbocycles. The topological polar surface area (TPSA) is 25.4 Å². The summed E-state index contributed by atoms with van der Waals surface area (Å²) in [5, 5.41) is 0.368. The number of rotatable bonds is 4. The number of hydrogen-bond acceptors (Lipinski definition) is 4. The fourth-order valence-electron chi connectivity index (χ4n) is 3.78. The van der Waals surface area contributed by atoms with Crippen molar-refractivity contribution >= 4 is 17.4 Å². The van der Waals surface area contributed by atoms with Crippen molar-refractivity contribution in [2.75, 3.05) is 18.6 Å². The molecule has 28 heavy (non-hydrogen) atoms. The van der Waals surface area contributed by atoms with Crippen LogP contribution in [0.3, 0.4) is 0 Å². The number of benzene rings is 2. The predicted molar refractivity (Wildman–Crippen MR) is 117 cm³/mol. The molecule has 3 aromatic rings. The SMILES string of the molecule is COc1ccccc1C1CCN(Cc2cccc(C)n2)c2ccc(C)cc2S1. The van der Waals surface area contributed by atoms with E-state index >= 15 is 0 Å². The molecule has 2 aromatic carbocycles. The molecule has 1 aliphatic heterocycles. The Morgan fingerprint density at radius 1 is 1.07 bits per heavy atom. The highest BCUT2D eigenvalue weighted by molar-refractivity contribution is 7.99. The van der Waals surface area contributed by atoms with Crippen LogP contribution in [0.5, 0.6) is 5.75 Å². The highest BCUT2D eigenvalue weighted by atomic mass is 32.2. The van der Waals surface area contributed by atoms with Crippen molar-refractivity contribution in [3.05, 3.63) is 83.2 Å². The van der Waals surface area contributed by atoms with E-state index in [1.807, 2.05) is 17.8 Å². The first-order valence-corrected chi connectivity index (χ1v) is 10.6. The van der Waals surface area contributed by atoms with Gasteiger partial charge in [0, 0.05) is 27.9 Å². The largest absolute Gasteiger partial charge is 0.496 e. The Labute approximate surface area is 171 Å². The standard InChI is InChI=1S/C24H26N2OS/c1-17-11-12-21-24(15-17)28-23(20-9-4-5-10-22(20)27-3)13-14-26(21)16-19-8-6-7-18(2)25-19/h4-12,15,23H,13-14,16H2,1-3H3. The third kappa shape index (κ3) is 4.02. The number of aromatic nitrogens is 1. The molecule has 1 atom stereocenters. The van der Waals surface area contributed by atoms with Crippen molar-refractivity contribution in [2.45, 2.75) is 37.0 Å². The molecule has 0 N–H and O–H groups in total. The van der Waals surface area contributed by atoms with Crippen LogP contribution >= 0.6 is 11.8 Å². The van der Waals surface area contributed by atoms with Crippen molar-refractivity contribution < 1.29 is 4.74 Å². The van der Waals surface area contributed by atoms with Crippen LogP contribution in [-0.2, 0) is 6.54 Å². The van der Waals surface area contributed by atoms with Gasteiger partial charge in [0.15, 0.2) is 0 Å². The fraction of sp³-hybridized carbons (Fsp3) is 0.292. The van der Waals surface area contributed by atoms with Gasteiger partial charge in [-0.15, -0.1) is 11.8 Å². The van der Waals surface area contributed by atoms with Gasteiger partial charge in [-0.25, -0.2) is 0 Å². The van der Waals surface area contributed by atoms with Crippen molar-refractivity contribution in [3.63, 3.8) is 0 Å². The molecule has 1 aromatic heterocycles. The van der Waals surface area contributed by atoms with Crippen molar-refractivity contribution in [2.24, 2.45) is 0 Å². The maximum absolute atomic E-state index is 5.65. The lowest BCUT2D eigenvalue weighted by Crippen LogP contribution is -2.24. The van der Waals surface area contributed by atoms with E-state index in [0.29, 0.717) is 5.25 Å². The van der Waals surface area contributed by atoms with E-state index < -0.39 is 0 Å². The zero-order valence-electron chi connectivity index (χ0n) is 16.7. The molecule has 1 aliphatic rings. The number of anilines is 1. The molecule has 0 radical (unpaired) electrons. The molecular formula is C24H26N2OS. The molecule has 0 saturated carbocycles. The van der Waals surface area contributed by atoms with Crippen LogP contribution in [0.1, 0.15) is 34.2 Å². The van der Waals surface area contributed by atoms with Gasteiger partial charge >= 0.3 is 0 Å². The van der Waals surface area contributed by atoms with Crippen LogP contribution in [0.15, 0.2) is 65.6 Å². The lowest BCUT2D eigenvalue weighted by Gasteiger charge is -2.24. The Bertz CT molecular complexity index is 972. The molecule has 4 heteroatoms. The van der Waals surface area contributed by atoms with E-state index in [2.05, 4.69) is 73.3 Å². The van der Waals surface area contributed by atoms with Crippen molar-refractivity contribution in [1.29, 1.82) is 0 Å². The summed E-state index contributed by atoms with van der Waals surface area (Å²) in [5.74, 6) is 0.975. The molecule has 4 rings (SSSR count). The second-order valence-corrected chi connectivity index (χ2v) is 8.54. The van der Waals surface area contributed by atoms with Crippen LogP contribution in [0, 0.1) is 13.8 Å². The molecule has 0 saturated heterocycles. The number of aryl methyl sites for hydroxylation is 2. The highest BCUT2D eigenvalue weighted by Gasteiger charge is 2.25. The number of thioether (sulfide) groups is 1. The minimum absolute atomic E-state index is 0.368. The average Bonchev–Trinajstić information content (AvgIpc) is 2.87. The summed E-state index contributed by atoms with van der Waals surface area (Å²) < 4.78 is 5.65. The summed E-state index contributed by atoms with van der Waals surface area (Å²) in [5.41, 5.74) is 6.06. The summed E-state index contributed by atoms with van der Waals surface area (Å²) >= 11 is 1.95. The van der Waals surface area contributed by atoms with Gasteiger partial charge in [0.25, 0.3) is 0 Å². The Morgan fingerprint density at radius 2 is 1.93 bits per heavy atom. The van der Waals surface area contributed by atoms with Gasteiger partial charge in [-0.05, 0) is 56.2 Å². The minimum atomic E-state index is 0.368. The van der Waals surface area contributed by atoms with Gasteiger partial charge in [-0.2, -0.15) is 0 Å². The van der Waals surface area contributed by atoms with Crippen LogP contribution in [0.4, 0.5) is 5.69 Å². The first-order valence-electron chi connectivity index (χ1n) is 9.72. The lowest BCUT2D eigenvalue weighted by molar-refractivity contribution is 0.409. The van der Waals surface area contributed by atoms with E-state index in [1.165, 1.54) is 21.7 Å². The third-order valence-electron chi connectivity index (χ3n) is 5.17. The van der Waals surface area contributed by atoms with Crippen molar-refractivity contribution in [1.82, 2.24) is 4.98 Å². The van der Waals surface area contributed by atoms with Gasteiger partial charge in [0.05, 0.1) is 25.0 Å².